The summed E-state index contributed by atoms with van der Waals surface area (Å²) in [6.07, 6.45) is 0. The van der Waals surface area contributed by atoms with Gasteiger partial charge in [-0.1, -0.05) is 58.4 Å². The van der Waals surface area contributed by atoms with Crippen LogP contribution in [0.25, 0.3) is 0 Å². The number of rotatable bonds is 7. The highest BCUT2D eigenvalue weighted by molar-refractivity contribution is 8.00. The van der Waals surface area contributed by atoms with Crippen molar-refractivity contribution in [2.45, 2.75) is 29.7 Å². The fourth-order valence-corrected chi connectivity index (χ4v) is 8.15. The highest BCUT2D eigenvalue weighted by Crippen LogP contribution is 2.54. The minimum absolute atomic E-state index is 0.201. The molecule has 12 heteroatoms. The number of aromatic nitrogens is 1. The van der Waals surface area contributed by atoms with E-state index in [9.17, 15) is 19.2 Å². The molecule has 0 spiro atoms. The molecule has 1 aromatic heterocycles. The maximum absolute atomic E-state index is 14.1. The number of ether oxygens (including phenoxy) is 2. The van der Waals surface area contributed by atoms with Gasteiger partial charge in [0.1, 0.15) is 17.6 Å². The van der Waals surface area contributed by atoms with Crippen LogP contribution >= 0.6 is 46.3 Å². The Bertz CT molecular complexity index is 1770. The van der Waals surface area contributed by atoms with Crippen LogP contribution < -0.4 is 14.5 Å². The number of carbonyl (C=O) groups is 3. The molecule has 214 valence electrons. The van der Waals surface area contributed by atoms with Gasteiger partial charge in [0.15, 0.2) is 0 Å². The van der Waals surface area contributed by atoms with Gasteiger partial charge in [0.25, 0.3) is 0 Å². The number of hydrogen-bond donors (Lipinski definition) is 1. The van der Waals surface area contributed by atoms with Crippen LogP contribution in [-0.4, -0.2) is 34.6 Å². The number of nitrogens with one attached hydrogen (secondary N) is 1. The fourth-order valence-electron chi connectivity index (χ4n) is 5.25. The quantitative estimate of drug-likeness (QED) is 0.187. The number of carbonyl (C=O) groups excluding carboxylic acids is 3. The van der Waals surface area contributed by atoms with E-state index in [2.05, 4.69) is 4.98 Å². The standard InChI is InChI=1S/C30H22Cl2N2O6S2/c1-2-39-29(37)16-6-9-19(10-7-16)34-27(35)23-22(24-26(33-30(38)42-24)41-25(23)28(34)36)20-13-18(32)8-11-21(20)40-14-15-4-3-5-17(31)12-15/h3-13,22-23,25H,2,14H2,1H3,(H,33,38)/t22-,23-,25+/m0/s1. The molecule has 3 atom stereocenters. The second-order valence-corrected chi connectivity index (χ2v) is 12.7. The summed E-state index contributed by atoms with van der Waals surface area (Å²) in [6, 6.07) is 18.6. The number of esters is 1. The van der Waals surface area contributed by atoms with Crippen molar-refractivity contribution >= 4 is 69.8 Å². The van der Waals surface area contributed by atoms with Crippen molar-refractivity contribution in [3.05, 3.63) is 108 Å². The molecule has 2 amide bonds. The monoisotopic (exact) mass is 640 g/mol. The lowest BCUT2D eigenvalue weighted by Gasteiger charge is -2.31. The molecule has 0 saturated carbocycles. The van der Waals surface area contributed by atoms with Crippen molar-refractivity contribution in [3.63, 3.8) is 0 Å². The highest BCUT2D eigenvalue weighted by atomic mass is 35.5. The van der Waals surface area contributed by atoms with Crippen molar-refractivity contribution in [1.29, 1.82) is 0 Å². The fraction of sp³-hybridized carbons (Fsp3) is 0.200. The summed E-state index contributed by atoms with van der Waals surface area (Å²) in [5.41, 5.74) is 2.09. The number of imide groups is 1. The molecule has 0 aliphatic carbocycles. The van der Waals surface area contributed by atoms with E-state index in [4.69, 9.17) is 32.7 Å². The van der Waals surface area contributed by atoms with Crippen molar-refractivity contribution in [1.82, 2.24) is 4.98 Å². The van der Waals surface area contributed by atoms with Crippen LogP contribution in [0.3, 0.4) is 0 Å². The zero-order valence-electron chi connectivity index (χ0n) is 22.0. The van der Waals surface area contributed by atoms with Crippen LogP contribution in [0.1, 0.15) is 39.2 Å². The molecule has 0 unspecified atom stereocenters. The predicted molar refractivity (Wildman–Crippen MR) is 162 cm³/mol. The lowest BCUT2D eigenvalue weighted by molar-refractivity contribution is -0.122. The SMILES string of the molecule is CCOC(=O)c1ccc(N2C(=O)[C@H]3[C@H](c4cc(Cl)ccc4OCc4cccc(Cl)c4)c4sc(=O)[nH]c4S[C@H]3C2=O)cc1. The molecule has 4 aromatic rings. The number of aromatic amines is 1. The average molecular weight is 642 g/mol. The second kappa shape index (κ2) is 11.6. The summed E-state index contributed by atoms with van der Waals surface area (Å²) in [6.45, 7) is 2.14. The first kappa shape index (κ1) is 28.5. The number of amides is 2. The van der Waals surface area contributed by atoms with E-state index in [1.54, 1.807) is 49.4 Å². The van der Waals surface area contributed by atoms with E-state index in [0.29, 0.717) is 42.5 Å². The lowest BCUT2D eigenvalue weighted by Crippen LogP contribution is -2.32. The second-order valence-electron chi connectivity index (χ2n) is 9.63. The molecule has 2 aliphatic rings. The van der Waals surface area contributed by atoms with Gasteiger partial charge in [-0.25, -0.2) is 9.69 Å². The van der Waals surface area contributed by atoms with Crippen LogP contribution in [-0.2, 0) is 20.9 Å². The topological polar surface area (TPSA) is 106 Å². The molecule has 3 heterocycles. The first-order valence-corrected chi connectivity index (χ1v) is 15.4. The molecule has 3 aromatic carbocycles. The van der Waals surface area contributed by atoms with E-state index < -0.39 is 34.9 Å². The van der Waals surface area contributed by atoms with Gasteiger partial charge in [0.05, 0.1) is 28.8 Å². The summed E-state index contributed by atoms with van der Waals surface area (Å²) in [7, 11) is 0. The largest absolute Gasteiger partial charge is 0.489 e. The maximum Gasteiger partial charge on any atom is 0.338 e. The first-order valence-electron chi connectivity index (χ1n) is 13.0. The van der Waals surface area contributed by atoms with Crippen LogP contribution in [0.15, 0.2) is 76.6 Å². The number of anilines is 1. The molecule has 0 bridgehead atoms. The third-order valence-electron chi connectivity index (χ3n) is 7.05. The minimum Gasteiger partial charge on any atom is -0.489 e. The number of nitrogens with zero attached hydrogens (tertiary/aromatic N) is 1. The van der Waals surface area contributed by atoms with Gasteiger partial charge in [0.2, 0.25) is 11.8 Å². The van der Waals surface area contributed by atoms with Crippen LogP contribution in [0.4, 0.5) is 5.69 Å². The number of benzene rings is 3. The molecule has 1 saturated heterocycles. The van der Waals surface area contributed by atoms with Gasteiger partial charge < -0.3 is 14.5 Å². The molecule has 2 aliphatic heterocycles. The average Bonchev–Trinajstić information content (AvgIpc) is 3.46. The predicted octanol–water partition coefficient (Wildman–Crippen LogP) is 6.29. The van der Waals surface area contributed by atoms with Gasteiger partial charge in [-0.3, -0.25) is 14.4 Å². The highest BCUT2D eigenvalue weighted by Gasteiger charge is 2.56. The number of fused-ring (bicyclic) bond motifs is 2. The molecule has 6 rings (SSSR count). The molecular weight excluding hydrogens is 619 g/mol. The van der Waals surface area contributed by atoms with Gasteiger partial charge in [0, 0.05) is 26.4 Å². The summed E-state index contributed by atoms with van der Waals surface area (Å²) >= 11 is 14.8. The van der Waals surface area contributed by atoms with Crippen molar-refractivity contribution in [3.8, 4) is 5.75 Å². The van der Waals surface area contributed by atoms with Crippen molar-refractivity contribution in [2.24, 2.45) is 5.92 Å². The Morgan fingerprint density at radius 2 is 1.74 bits per heavy atom. The van der Waals surface area contributed by atoms with Gasteiger partial charge in [-0.15, -0.1) is 0 Å². The first-order chi connectivity index (χ1) is 20.2. The Labute approximate surface area is 258 Å². The van der Waals surface area contributed by atoms with Gasteiger partial charge in [-0.05, 0) is 67.1 Å². The number of H-pyrrole nitrogens is 1. The summed E-state index contributed by atoms with van der Waals surface area (Å²) in [5.74, 6) is -2.36. The van der Waals surface area contributed by atoms with E-state index in [0.717, 1.165) is 21.8 Å². The molecule has 42 heavy (non-hydrogen) atoms. The molecule has 0 radical (unpaired) electrons. The Morgan fingerprint density at radius 3 is 2.48 bits per heavy atom. The third kappa shape index (κ3) is 5.24. The van der Waals surface area contributed by atoms with Crippen molar-refractivity contribution in [2.75, 3.05) is 11.5 Å². The maximum atomic E-state index is 14.1. The Morgan fingerprint density at radius 1 is 0.976 bits per heavy atom. The van der Waals surface area contributed by atoms with Gasteiger partial charge >= 0.3 is 10.8 Å². The van der Waals surface area contributed by atoms with E-state index in [1.807, 2.05) is 12.1 Å². The lowest BCUT2D eigenvalue weighted by atomic mass is 9.82. The molecule has 1 N–H and O–H groups in total. The number of thioether (sulfide) groups is 1. The smallest absolute Gasteiger partial charge is 0.338 e. The minimum atomic E-state index is -0.835. The Hall–Kier alpha value is -3.57. The zero-order chi connectivity index (χ0) is 29.5. The molecule has 8 nitrogen and oxygen atoms in total. The van der Waals surface area contributed by atoms with Crippen LogP contribution in [0, 0.1) is 5.92 Å². The molecular formula is C30H22Cl2N2O6S2. The third-order valence-corrected chi connectivity index (χ3v) is 9.92. The van der Waals surface area contributed by atoms with Gasteiger partial charge in [-0.2, -0.15) is 0 Å². The summed E-state index contributed by atoms with van der Waals surface area (Å²) < 4.78 is 11.3. The van der Waals surface area contributed by atoms with Crippen LogP contribution in [0.5, 0.6) is 5.75 Å². The Balaban J connectivity index is 1.39. The Kier molecular flexibility index (Phi) is 7.89. The molecule has 1 fully saturated rings. The number of halogens is 2. The zero-order valence-corrected chi connectivity index (χ0v) is 25.1. The summed E-state index contributed by atoms with van der Waals surface area (Å²) in [5, 5.41) is 0.733. The van der Waals surface area contributed by atoms with Crippen LogP contribution in [0.2, 0.25) is 10.0 Å². The van der Waals surface area contributed by atoms with E-state index in [1.165, 1.54) is 23.9 Å². The normalized spacial score (nSPS) is 19.4. The number of hydrogen-bond acceptors (Lipinski definition) is 8. The summed E-state index contributed by atoms with van der Waals surface area (Å²) in [4.78, 5) is 56.9. The number of thiazole rings is 1. The van der Waals surface area contributed by atoms with Crippen molar-refractivity contribution < 1.29 is 23.9 Å². The van der Waals surface area contributed by atoms with E-state index in [-0.39, 0.29) is 18.1 Å². The van der Waals surface area contributed by atoms with E-state index >= 15 is 0 Å².